The Bertz CT molecular complexity index is 1050. The standard InChI is InChI=1S/C22H24N2O4S/c1-22(2,18-10-12-19(13-11-18)29(26,27)15-7-14-23)21(25)24(3)16-17-8-5-6-9-20(17)28-4/h5-13,15H,16H2,1-4H3. The van der Waals surface area contributed by atoms with Crippen molar-refractivity contribution in [1.82, 2.24) is 4.90 Å². The normalized spacial score (nSPS) is 11.8. The Kier molecular flexibility index (Phi) is 6.83. The minimum Gasteiger partial charge on any atom is -0.496 e. The molecule has 2 aromatic rings. The van der Waals surface area contributed by atoms with Crippen LogP contribution in [0, 0.1) is 11.3 Å². The van der Waals surface area contributed by atoms with Crippen LogP contribution in [0.4, 0.5) is 0 Å². The maximum Gasteiger partial charge on any atom is 0.232 e. The molecule has 2 aromatic carbocycles. The number of sulfone groups is 1. The summed E-state index contributed by atoms with van der Waals surface area (Å²) in [6.07, 6.45) is 0.920. The monoisotopic (exact) mass is 412 g/mol. The summed E-state index contributed by atoms with van der Waals surface area (Å²) >= 11 is 0. The largest absolute Gasteiger partial charge is 0.496 e. The van der Waals surface area contributed by atoms with Gasteiger partial charge in [-0.05, 0) is 37.6 Å². The number of rotatable bonds is 7. The van der Waals surface area contributed by atoms with Gasteiger partial charge in [0.25, 0.3) is 0 Å². The molecule has 0 radical (unpaired) electrons. The van der Waals surface area contributed by atoms with E-state index in [9.17, 15) is 13.2 Å². The first-order chi connectivity index (χ1) is 13.6. The number of likely N-dealkylation sites (N-methyl/N-ethyl adjacent to an activating group) is 1. The van der Waals surface area contributed by atoms with E-state index in [1.807, 2.05) is 24.3 Å². The van der Waals surface area contributed by atoms with Crippen molar-refractivity contribution in [1.29, 1.82) is 5.26 Å². The van der Waals surface area contributed by atoms with Gasteiger partial charge in [-0.2, -0.15) is 5.26 Å². The molecule has 0 saturated heterocycles. The van der Waals surface area contributed by atoms with Crippen molar-refractivity contribution in [3.63, 3.8) is 0 Å². The average molecular weight is 413 g/mol. The Morgan fingerprint density at radius 2 is 1.79 bits per heavy atom. The summed E-state index contributed by atoms with van der Waals surface area (Å²) in [6.45, 7) is 3.98. The molecule has 152 valence electrons. The number of nitrogens with zero attached hydrogens (tertiary/aromatic N) is 2. The second kappa shape index (κ2) is 8.93. The number of ether oxygens (including phenoxy) is 1. The van der Waals surface area contributed by atoms with Crippen LogP contribution in [0.2, 0.25) is 0 Å². The van der Waals surface area contributed by atoms with E-state index >= 15 is 0 Å². The first-order valence-electron chi connectivity index (χ1n) is 8.92. The Balaban J connectivity index is 2.24. The molecule has 0 fully saturated rings. The van der Waals surface area contributed by atoms with E-state index in [0.29, 0.717) is 17.9 Å². The fraction of sp³-hybridized carbons (Fsp3) is 0.273. The van der Waals surface area contributed by atoms with Gasteiger partial charge in [0.2, 0.25) is 15.7 Å². The molecule has 7 heteroatoms. The van der Waals surface area contributed by atoms with Crippen molar-refractivity contribution in [2.75, 3.05) is 14.2 Å². The van der Waals surface area contributed by atoms with Crippen LogP contribution < -0.4 is 4.74 Å². The van der Waals surface area contributed by atoms with Crippen LogP contribution in [0.5, 0.6) is 5.75 Å². The number of allylic oxidation sites excluding steroid dienone is 1. The molecule has 0 aliphatic heterocycles. The zero-order chi connectivity index (χ0) is 21.7. The fourth-order valence-corrected chi connectivity index (χ4v) is 3.93. The molecule has 0 atom stereocenters. The molecule has 0 aliphatic rings. The summed E-state index contributed by atoms with van der Waals surface area (Å²) in [4.78, 5) is 14.8. The van der Waals surface area contributed by atoms with Gasteiger partial charge in [0.1, 0.15) is 5.75 Å². The highest BCUT2D eigenvalue weighted by Gasteiger charge is 2.33. The Morgan fingerprint density at radius 3 is 2.38 bits per heavy atom. The van der Waals surface area contributed by atoms with Gasteiger partial charge in [-0.1, -0.05) is 30.3 Å². The van der Waals surface area contributed by atoms with Crippen LogP contribution in [0.1, 0.15) is 25.0 Å². The van der Waals surface area contributed by atoms with Crippen molar-refractivity contribution in [2.24, 2.45) is 0 Å². The molecule has 0 N–H and O–H groups in total. The van der Waals surface area contributed by atoms with Gasteiger partial charge in [-0.15, -0.1) is 0 Å². The molecule has 0 spiro atoms. The van der Waals surface area contributed by atoms with Crippen molar-refractivity contribution >= 4 is 15.7 Å². The average Bonchev–Trinajstić information content (AvgIpc) is 2.72. The van der Waals surface area contributed by atoms with Gasteiger partial charge in [0, 0.05) is 30.6 Å². The number of para-hydroxylation sites is 1. The smallest absolute Gasteiger partial charge is 0.232 e. The lowest BCUT2D eigenvalue weighted by Crippen LogP contribution is -2.41. The van der Waals surface area contributed by atoms with Crippen LogP contribution in [0.3, 0.4) is 0 Å². The van der Waals surface area contributed by atoms with Crippen LogP contribution in [-0.4, -0.2) is 33.4 Å². The van der Waals surface area contributed by atoms with E-state index < -0.39 is 15.3 Å². The molecule has 0 saturated carbocycles. The molecule has 0 bridgehead atoms. The summed E-state index contributed by atoms with van der Waals surface area (Å²) in [7, 11) is -0.368. The summed E-state index contributed by atoms with van der Waals surface area (Å²) in [5.41, 5.74) is 0.728. The highest BCUT2D eigenvalue weighted by molar-refractivity contribution is 7.94. The summed E-state index contributed by atoms with van der Waals surface area (Å²) in [5, 5.41) is 9.39. The van der Waals surface area contributed by atoms with Crippen molar-refractivity contribution in [3.05, 3.63) is 71.1 Å². The fourth-order valence-electron chi connectivity index (χ4n) is 3.02. The maximum absolute atomic E-state index is 13.1. The van der Waals surface area contributed by atoms with Crippen LogP contribution in [0.15, 0.2) is 64.9 Å². The number of benzene rings is 2. The first kappa shape index (κ1) is 22.2. The maximum atomic E-state index is 13.1. The van der Waals surface area contributed by atoms with Gasteiger partial charge >= 0.3 is 0 Å². The quantitative estimate of drug-likeness (QED) is 0.650. The highest BCUT2D eigenvalue weighted by atomic mass is 32.2. The molecule has 0 aromatic heterocycles. The van der Waals surface area contributed by atoms with E-state index in [1.54, 1.807) is 51.1 Å². The number of methoxy groups -OCH3 is 1. The van der Waals surface area contributed by atoms with Gasteiger partial charge in [-0.3, -0.25) is 4.79 Å². The Hall–Kier alpha value is -3.11. The van der Waals surface area contributed by atoms with Crippen LogP contribution >= 0.6 is 0 Å². The molecule has 6 nitrogen and oxygen atoms in total. The zero-order valence-corrected chi connectivity index (χ0v) is 17.7. The molecular weight excluding hydrogens is 388 g/mol. The number of amides is 1. The molecular formula is C22H24N2O4S. The number of nitriles is 1. The molecule has 2 rings (SSSR count). The molecule has 0 heterocycles. The predicted octanol–water partition coefficient (Wildman–Crippen LogP) is 3.44. The second-order valence-corrected chi connectivity index (χ2v) is 8.93. The zero-order valence-electron chi connectivity index (χ0n) is 16.9. The highest BCUT2D eigenvalue weighted by Crippen LogP contribution is 2.28. The van der Waals surface area contributed by atoms with E-state index in [0.717, 1.165) is 17.0 Å². The lowest BCUT2D eigenvalue weighted by atomic mass is 9.83. The Labute approximate surface area is 172 Å². The van der Waals surface area contributed by atoms with Crippen molar-refractivity contribution < 1.29 is 17.9 Å². The van der Waals surface area contributed by atoms with E-state index in [1.165, 1.54) is 12.1 Å². The van der Waals surface area contributed by atoms with Gasteiger partial charge in [-0.25, -0.2) is 8.42 Å². The number of carbonyl (C=O) groups excluding carboxylic acids is 1. The van der Waals surface area contributed by atoms with E-state index in [4.69, 9.17) is 10.00 Å². The molecule has 29 heavy (non-hydrogen) atoms. The number of hydrogen-bond donors (Lipinski definition) is 0. The third-order valence-corrected chi connectivity index (χ3v) is 6.13. The number of hydrogen-bond acceptors (Lipinski definition) is 5. The third kappa shape index (κ3) is 5.04. The van der Waals surface area contributed by atoms with Crippen LogP contribution in [-0.2, 0) is 26.6 Å². The summed E-state index contributed by atoms with van der Waals surface area (Å²) in [6, 6.07) is 15.3. The minimum absolute atomic E-state index is 0.0679. The van der Waals surface area contributed by atoms with Gasteiger partial charge < -0.3 is 9.64 Å². The van der Waals surface area contributed by atoms with Crippen LogP contribution in [0.25, 0.3) is 0 Å². The van der Waals surface area contributed by atoms with Crippen molar-refractivity contribution in [2.45, 2.75) is 30.7 Å². The van der Waals surface area contributed by atoms with Gasteiger partial charge in [0.05, 0.1) is 23.5 Å². The van der Waals surface area contributed by atoms with E-state index in [2.05, 4.69) is 0 Å². The number of carbonyl (C=O) groups is 1. The summed E-state index contributed by atoms with van der Waals surface area (Å²) in [5.74, 6) is 0.605. The Morgan fingerprint density at radius 1 is 1.17 bits per heavy atom. The molecule has 0 unspecified atom stereocenters. The first-order valence-corrected chi connectivity index (χ1v) is 10.5. The van der Waals surface area contributed by atoms with E-state index in [-0.39, 0.29) is 10.8 Å². The predicted molar refractivity (Wildman–Crippen MR) is 111 cm³/mol. The molecule has 1 amide bonds. The lowest BCUT2D eigenvalue weighted by Gasteiger charge is -2.30. The van der Waals surface area contributed by atoms with Crippen molar-refractivity contribution in [3.8, 4) is 11.8 Å². The second-order valence-electron chi connectivity index (χ2n) is 7.10. The topological polar surface area (TPSA) is 87.5 Å². The summed E-state index contributed by atoms with van der Waals surface area (Å²) < 4.78 is 29.6. The van der Waals surface area contributed by atoms with Gasteiger partial charge in [0.15, 0.2) is 0 Å². The third-order valence-electron chi connectivity index (χ3n) is 4.71. The molecule has 0 aliphatic carbocycles. The lowest BCUT2D eigenvalue weighted by molar-refractivity contribution is -0.135. The SMILES string of the molecule is COc1ccccc1CN(C)C(=O)C(C)(C)c1ccc(S(=O)(=O)C=CC#N)cc1. The minimum atomic E-state index is -3.68.